The number of aryl methyl sites for hydroxylation is 1. The molecule has 2 aliphatic rings. The van der Waals surface area contributed by atoms with Crippen LogP contribution in [0.4, 0.5) is 16.3 Å². The molecule has 2 amide bonds. The number of piperidine rings is 1. The molecular formula is C27H32N6O. The number of hydrogen-bond acceptors (Lipinski definition) is 3. The molecule has 1 aliphatic heterocycles. The molecule has 7 heteroatoms. The van der Waals surface area contributed by atoms with E-state index in [1.807, 2.05) is 37.5 Å². The maximum absolute atomic E-state index is 12.7. The lowest BCUT2D eigenvalue weighted by Crippen LogP contribution is -2.39. The van der Waals surface area contributed by atoms with Gasteiger partial charge in [0, 0.05) is 37.9 Å². The van der Waals surface area contributed by atoms with E-state index in [4.69, 9.17) is 5.41 Å². The minimum absolute atomic E-state index is 0.0632. The van der Waals surface area contributed by atoms with Gasteiger partial charge in [0.05, 0.1) is 11.6 Å². The number of nitrogens with one attached hydrogen (secondary N) is 5. The summed E-state index contributed by atoms with van der Waals surface area (Å²) >= 11 is 0. The summed E-state index contributed by atoms with van der Waals surface area (Å²) in [6.07, 6.45) is 5.91. The van der Waals surface area contributed by atoms with Crippen molar-refractivity contribution in [2.24, 2.45) is 0 Å². The molecule has 7 nitrogen and oxygen atoms in total. The van der Waals surface area contributed by atoms with Crippen molar-refractivity contribution in [2.45, 2.75) is 37.6 Å². The van der Waals surface area contributed by atoms with Crippen molar-refractivity contribution in [3.63, 3.8) is 0 Å². The zero-order valence-electron chi connectivity index (χ0n) is 19.5. The van der Waals surface area contributed by atoms with Crippen molar-refractivity contribution in [2.75, 3.05) is 30.8 Å². The van der Waals surface area contributed by atoms with Crippen LogP contribution in [-0.2, 0) is 6.42 Å². The van der Waals surface area contributed by atoms with Gasteiger partial charge in [-0.1, -0.05) is 36.4 Å². The molecular weight excluding hydrogens is 424 g/mol. The second kappa shape index (κ2) is 9.63. The Morgan fingerprint density at radius 1 is 1.12 bits per heavy atom. The zero-order chi connectivity index (χ0) is 23.5. The fraction of sp³-hybridized carbons (Fsp3) is 0.333. The summed E-state index contributed by atoms with van der Waals surface area (Å²) in [5, 5.41) is 18.0. The normalized spacial score (nSPS) is 19.4. The molecule has 0 bridgehead atoms. The quantitative estimate of drug-likeness (QED) is 0.274. The number of carbonyl (C=O) groups is 1. The third-order valence-corrected chi connectivity index (χ3v) is 7.04. The van der Waals surface area contributed by atoms with Gasteiger partial charge in [-0.2, -0.15) is 0 Å². The van der Waals surface area contributed by atoms with E-state index in [1.54, 1.807) is 0 Å². The van der Waals surface area contributed by atoms with Crippen molar-refractivity contribution in [3.8, 4) is 0 Å². The highest BCUT2D eigenvalue weighted by Gasteiger charge is 2.26. The Bertz CT molecular complexity index is 1190. The van der Waals surface area contributed by atoms with Crippen LogP contribution in [0.15, 0.2) is 60.8 Å². The van der Waals surface area contributed by atoms with E-state index in [0.717, 1.165) is 55.8 Å². The van der Waals surface area contributed by atoms with Crippen LogP contribution < -0.4 is 16.0 Å². The van der Waals surface area contributed by atoms with Gasteiger partial charge < -0.3 is 25.8 Å². The molecule has 5 rings (SSSR count). The molecule has 34 heavy (non-hydrogen) atoms. The minimum Gasteiger partial charge on any atom is -0.374 e. The zero-order valence-corrected chi connectivity index (χ0v) is 19.5. The van der Waals surface area contributed by atoms with Crippen LogP contribution in [-0.4, -0.2) is 41.9 Å². The average molecular weight is 457 g/mol. The Hall–Kier alpha value is -3.74. The van der Waals surface area contributed by atoms with E-state index < -0.39 is 0 Å². The highest BCUT2D eigenvalue weighted by atomic mass is 16.2. The number of nitrogens with zero attached hydrogens (tertiary/aromatic N) is 1. The van der Waals surface area contributed by atoms with E-state index in [2.05, 4.69) is 56.2 Å². The number of aromatic amines is 1. The standard InChI is InChI=1S/C27H32N6O/c1-29-26-23(13-14-30-26)25(28)33-15-5-8-20(17-33)19-7-4-9-21(16-19)31-27(34)32-24-12-11-18-6-2-3-10-22(18)24/h2-4,6-7,9-10,13-14,16,20,24,28-30H,5,8,11-12,15,17H2,1H3,(H2,31,32,34)/t20?,24-/m0/s1. The van der Waals surface area contributed by atoms with Gasteiger partial charge >= 0.3 is 6.03 Å². The summed E-state index contributed by atoms with van der Waals surface area (Å²) in [4.78, 5) is 18.0. The number of urea groups is 1. The van der Waals surface area contributed by atoms with Crippen LogP contribution in [0.2, 0.25) is 0 Å². The van der Waals surface area contributed by atoms with Gasteiger partial charge in [-0.3, -0.25) is 5.41 Å². The molecule has 1 aliphatic carbocycles. The molecule has 1 unspecified atom stereocenters. The number of amidine groups is 1. The summed E-state index contributed by atoms with van der Waals surface area (Å²) < 4.78 is 0. The number of amides is 2. The van der Waals surface area contributed by atoms with E-state index in [-0.39, 0.29) is 12.1 Å². The Kier molecular flexibility index (Phi) is 6.25. The van der Waals surface area contributed by atoms with Crippen LogP contribution >= 0.6 is 0 Å². The smallest absolute Gasteiger partial charge is 0.319 e. The Morgan fingerprint density at radius 2 is 2.00 bits per heavy atom. The van der Waals surface area contributed by atoms with Crippen LogP contribution in [0.3, 0.4) is 0 Å². The first-order chi connectivity index (χ1) is 16.6. The van der Waals surface area contributed by atoms with Crippen LogP contribution in [0.25, 0.3) is 0 Å². The third kappa shape index (κ3) is 4.51. The molecule has 0 saturated carbocycles. The lowest BCUT2D eigenvalue weighted by molar-refractivity contribution is 0.248. The number of H-pyrrole nitrogens is 1. The second-order valence-electron chi connectivity index (χ2n) is 9.16. The largest absolute Gasteiger partial charge is 0.374 e. The van der Waals surface area contributed by atoms with Crippen molar-refractivity contribution < 1.29 is 4.79 Å². The summed E-state index contributed by atoms with van der Waals surface area (Å²) in [5.41, 5.74) is 5.44. The van der Waals surface area contributed by atoms with Crippen LogP contribution in [0.1, 0.15) is 53.5 Å². The highest BCUT2D eigenvalue weighted by molar-refractivity contribution is 6.01. The number of fused-ring (bicyclic) bond motifs is 1. The first kappa shape index (κ1) is 22.1. The predicted molar refractivity (Wildman–Crippen MR) is 137 cm³/mol. The lowest BCUT2D eigenvalue weighted by Gasteiger charge is -2.35. The molecule has 2 atom stereocenters. The molecule has 1 saturated heterocycles. The SMILES string of the molecule is CNc1[nH]ccc1C(=N)N1CCCC(c2cccc(NC(=O)N[C@H]3CCc4ccccc43)c2)C1. The van der Waals surface area contributed by atoms with Gasteiger partial charge in [-0.05, 0) is 60.6 Å². The van der Waals surface area contributed by atoms with E-state index >= 15 is 0 Å². The van der Waals surface area contributed by atoms with Crippen molar-refractivity contribution in [3.05, 3.63) is 83.0 Å². The molecule has 5 N–H and O–H groups in total. The lowest BCUT2D eigenvalue weighted by atomic mass is 9.90. The number of aromatic nitrogens is 1. The van der Waals surface area contributed by atoms with E-state index in [0.29, 0.717) is 11.8 Å². The number of hydrogen-bond donors (Lipinski definition) is 5. The number of rotatable bonds is 5. The molecule has 2 aromatic carbocycles. The minimum atomic E-state index is -0.169. The second-order valence-corrected chi connectivity index (χ2v) is 9.16. The summed E-state index contributed by atoms with van der Waals surface area (Å²) in [6.45, 7) is 1.68. The molecule has 1 aromatic heterocycles. The van der Waals surface area contributed by atoms with Gasteiger partial charge in [0.2, 0.25) is 0 Å². The van der Waals surface area contributed by atoms with Crippen molar-refractivity contribution in [1.29, 1.82) is 5.41 Å². The maximum Gasteiger partial charge on any atom is 0.319 e. The monoisotopic (exact) mass is 456 g/mol. The molecule has 0 spiro atoms. The third-order valence-electron chi connectivity index (χ3n) is 7.04. The Balaban J connectivity index is 1.23. The van der Waals surface area contributed by atoms with Gasteiger partial charge in [0.1, 0.15) is 11.7 Å². The highest BCUT2D eigenvalue weighted by Crippen LogP contribution is 2.32. The number of carbonyl (C=O) groups excluding carboxylic acids is 1. The predicted octanol–water partition coefficient (Wildman–Crippen LogP) is 5.07. The first-order valence-electron chi connectivity index (χ1n) is 12.1. The summed E-state index contributed by atoms with van der Waals surface area (Å²) in [7, 11) is 1.86. The molecule has 0 radical (unpaired) electrons. The first-order valence-corrected chi connectivity index (χ1v) is 12.1. The van der Waals surface area contributed by atoms with E-state index in [9.17, 15) is 4.79 Å². The van der Waals surface area contributed by atoms with Crippen LogP contribution in [0.5, 0.6) is 0 Å². The molecule has 3 aromatic rings. The molecule has 1 fully saturated rings. The van der Waals surface area contributed by atoms with E-state index in [1.165, 1.54) is 16.7 Å². The maximum atomic E-state index is 12.7. The number of likely N-dealkylation sites (tertiary alicyclic amines) is 1. The van der Waals surface area contributed by atoms with Gasteiger partial charge in [-0.15, -0.1) is 0 Å². The summed E-state index contributed by atoms with van der Waals surface area (Å²) in [6, 6.07) is 18.3. The van der Waals surface area contributed by atoms with Gasteiger partial charge in [0.15, 0.2) is 0 Å². The Morgan fingerprint density at radius 3 is 2.88 bits per heavy atom. The molecule has 2 heterocycles. The fourth-order valence-electron chi connectivity index (χ4n) is 5.30. The Labute approximate surface area is 200 Å². The van der Waals surface area contributed by atoms with Crippen molar-refractivity contribution >= 4 is 23.4 Å². The number of anilines is 2. The van der Waals surface area contributed by atoms with Crippen LogP contribution in [0, 0.1) is 5.41 Å². The van der Waals surface area contributed by atoms with Gasteiger partial charge in [0.25, 0.3) is 0 Å². The summed E-state index contributed by atoms with van der Waals surface area (Å²) in [5.74, 6) is 1.73. The molecule has 176 valence electrons. The fourth-order valence-corrected chi connectivity index (χ4v) is 5.30. The van der Waals surface area contributed by atoms with Crippen molar-refractivity contribution in [1.82, 2.24) is 15.2 Å². The van der Waals surface area contributed by atoms with Gasteiger partial charge in [-0.25, -0.2) is 4.79 Å². The average Bonchev–Trinajstić information content (AvgIpc) is 3.51. The number of benzene rings is 2. The topological polar surface area (TPSA) is 96.0 Å².